The predicted molar refractivity (Wildman–Crippen MR) is 243 cm³/mol. The number of ketones is 1. The summed E-state index contributed by atoms with van der Waals surface area (Å²) in [5.74, 6) is -0.884. The van der Waals surface area contributed by atoms with E-state index in [0.717, 1.165) is 57.8 Å². The van der Waals surface area contributed by atoms with E-state index in [1.807, 2.05) is 45.4 Å². The SMILES string of the molecule is CCCCC/C=C\C=C\C(=O)CCCCCCCC(=O)O[C@H](COC(=O)CC/C=C\C/C=C\C/C=C\C/C=C\C/C=C\CCCCC)COP(=O)(O)OCC[N+](C)(C)C. The highest BCUT2D eigenvalue weighted by Crippen LogP contribution is 2.43. The van der Waals surface area contributed by atoms with E-state index < -0.39 is 32.5 Å². The molecule has 59 heavy (non-hydrogen) atoms. The minimum absolute atomic E-state index is 0.00590. The first-order chi connectivity index (χ1) is 28.4. The summed E-state index contributed by atoms with van der Waals surface area (Å²) in [5.41, 5.74) is 0. The molecule has 0 saturated carbocycles. The average Bonchev–Trinajstić information content (AvgIpc) is 3.18. The van der Waals surface area contributed by atoms with Crippen molar-refractivity contribution in [3.8, 4) is 0 Å². The molecular weight excluding hydrogens is 766 g/mol. The monoisotopic (exact) mass is 847 g/mol. The van der Waals surface area contributed by atoms with Gasteiger partial charge in [-0.15, -0.1) is 0 Å². The van der Waals surface area contributed by atoms with Gasteiger partial charge in [0.1, 0.15) is 19.8 Å². The van der Waals surface area contributed by atoms with Crippen molar-refractivity contribution in [1.82, 2.24) is 0 Å². The average molecular weight is 847 g/mol. The van der Waals surface area contributed by atoms with Gasteiger partial charge in [-0.25, -0.2) is 4.57 Å². The molecule has 2 atom stereocenters. The molecule has 0 aliphatic heterocycles. The van der Waals surface area contributed by atoms with Crippen LogP contribution in [0.3, 0.4) is 0 Å². The van der Waals surface area contributed by atoms with Gasteiger partial charge >= 0.3 is 19.8 Å². The van der Waals surface area contributed by atoms with E-state index in [2.05, 4.69) is 68.5 Å². The van der Waals surface area contributed by atoms with Gasteiger partial charge in [-0.1, -0.05) is 138 Å². The van der Waals surface area contributed by atoms with Gasteiger partial charge in [0.05, 0.1) is 27.7 Å². The number of hydrogen-bond donors (Lipinski definition) is 1. The van der Waals surface area contributed by atoms with Crippen molar-refractivity contribution in [3.05, 3.63) is 85.1 Å². The van der Waals surface area contributed by atoms with Crippen LogP contribution in [0, 0.1) is 0 Å². The molecule has 10 nitrogen and oxygen atoms in total. The molecule has 0 rings (SSSR count). The Morgan fingerprint density at radius 2 is 1.10 bits per heavy atom. The van der Waals surface area contributed by atoms with Crippen molar-refractivity contribution in [1.29, 1.82) is 0 Å². The molecule has 0 bridgehead atoms. The third-order valence-electron chi connectivity index (χ3n) is 8.89. The molecule has 0 amide bonds. The van der Waals surface area contributed by atoms with Crippen LogP contribution in [0.2, 0.25) is 0 Å². The number of esters is 2. The summed E-state index contributed by atoms with van der Waals surface area (Å²) in [6.45, 7) is 4.09. The quantitative estimate of drug-likeness (QED) is 0.0122. The fourth-order valence-electron chi connectivity index (χ4n) is 5.33. The number of ether oxygens (including phenoxy) is 2. The van der Waals surface area contributed by atoms with E-state index in [4.69, 9.17) is 18.5 Å². The third kappa shape index (κ3) is 42.8. The Morgan fingerprint density at radius 3 is 1.68 bits per heavy atom. The van der Waals surface area contributed by atoms with Crippen LogP contribution in [0.5, 0.6) is 0 Å². The zero-order chi connectivity index (χ0) is 43.7. The van der Waals surface area contributed by atoms with E-state index >= 15 is 0 Å². The first-order valence-corrected chi connectivity index (χ1v) is 23.8. The summed E-state index contributed by atoms with van der Waals surface area (Å²) in [6.07, 6.45) is 46.1. The number of carbonyl (C=O) groups is 3. The lowest BCUT2D eigenvalue weighted by atomic mass is 10.1. The van der Waals surface area contributed by atoms with Gasteiger partial charge < -0.3 is 18.9 Å². The van der Waals surface area contributed by atoms with Gasteiger partial charge in [0.15, 0.2) is 11.9 Å². The zero-order valence-corrected chi connectivity index (χ0v) is 38.3. The van der Waals surface area contributed by atoms with Gasteiger partial charge in [0.2, 0.25) is 0 Å². The summed E-state index contributed by atoms with van der Waals surface area (Å²) < 4.78 is 34.1. The Hall–Kier alpha value is -3.14. The largest absolute Gasteiger partial charge is 0.472 e. The molecule has 0 fully saturated rings. The molecule has 0 aliphatic carbocycles. The Balaban J connectivity index is 4.57. The maximum atomic E-state index is 12.7. The maximum Gasteiger partial charge on any atom is 0.472 e. The molecule has 11 heteroatoms. The number of likely N-dealkylation sites (N-methyl/N-ethyl adjacent to an activating group) is 1. The first kappa shape index (κ1) is 55.9. The third-order valence-corrected chi connectivity index (χ3v) is 9.87. The van der Waals surface area contributed by atoms with Crippen LogP contribution >= 0.6 is 7.82 Å². The summed E-state index contributed by atoms with van der Waals surface area (Å²) in [5, 5.41) is 0. The molecule has 1 N–H and O–H groups in total. The van der Waals surface area contributed by atoms with Crippen LogP contribution in [-0.2, 0) is 37.5 Å². The Kier molecular flexibility index (Phi) is 36.9. The molecule has 336 valence electrons. The van der Waals surface area contributed by atoms with E-state index in [1.54, 1.807) is 6.08 Å². The summed E-state index contributed by atoms with van der Waals surface area (Å²) in [4.78, 5) is 47.4. The molecule has 0 aromatic rings. The van der Waals surface area contributed by atoms with Crippen molar-refractivity contribution < 1.29 is 46.8 Å². The summed E-state index contributed by atoms with van der Waals surface area (Å²) in [6, 6.07) is 0. The number of hydrogen-bond acceptors (Lipinski definition) is 8. The number of carbonyl (C=O) groups excluding carboxylic acids is 3. The van der Waals surface area contributed by atoms with E-state index in [9.17, 15) is 23.8 Å². The van der Waals surface area contributed by atoms with Crippen LogP contribution in [0.25, 0.3) is 0 Å². The highest BCUT2D eigenvalue weighted by molar-refractivity contribution is 7.47. The van der Waals surface area contributed by atoms with Crippen LogP contribution < -0.4 is 0 Å². The first-order valence-electron chi connectivity index (χ1n) is 22.3. The fourth-order valence-corrected chi connectivity index (χ4v) is 6.07. The standard InChI is InChI=1S/C48H80NO9P/c1-6-8-10-12-14-15-16-17-18-19-20-21-22-23-24-25-27-31-35-39-47(51)55-43-46(44-57-59(53,54)56-42-41-49(3,4)5)58-48(52)40-36-32-28-30-34-38-45(50)37-33-29-26-13-11-9-7-2/h14-15,17-18,20-21,23-24,26-27,29,31,33,37,46H,6-13,16,19,22,25,28,30,32,34-36,38-44H2,1-5H3/p+1/b15-14-,18-17-,21-20-,24-23-,29-26-,31-27-,37-33+/t46-/m1/s1. The fraction of sp³-hybridized carbons (Fsp3) is 0.646. The van der Waals surface area contributed by atoms with E-state index in [0.29, 0.717) is 30.3 Å². The van der Waals surface area contributed by atoms with Crippen molar-refractivity contribution in [3.63, 3.8) is 0 Å². The van der Waals surface area contributed by atoms with Crippen molar-refractivity contribution in [2.24, 2.45) is 0 Å². The second-order valence-corrected chi connectivity index (χ2v) is 17.2. The van der Waals surface area contributed by atoms with E-state index in [-0.39, 0.29) is 31.8 Å². The summed E-state index contributed by atoms with van der Waals surface area (Å²) >= 11 is 0. The number of unbranched alkanes of at least 4 members (excludes halogenated alkanes) is 10. The molecule has 0 heterocycles. The van der Waals surface area contributed by atoms with Gasteiger partial charge in [-0.3, -0.25) is 23.4 Å². The molecule has 0 aromatic heterocycles. The second-order valence-electron chi connectivity index (χ2n) is 15.8. The minimum atomic E-state index is -4.43. The molecule has 0 aliphatic rings. The number of rotatable bonds is 39. The summed E-state index contributed by atoms with van der Waals surface area (Å²) in [7, 11) is 1.35. The molecule has 0 aromatic carbocycles. The lowest BCUT2D eigenvalue weighted by Crippen LogP contribution is -2.37. The number of quaternary nitrogens is 1. The number of phosphoric ester groups is 1. The number of allylic oxidation sites excluding steroid dienone is 14. The molecule has 1 unspecified atom stereocenters. The van der Waals surface area contributed by atoms with Gasteiger partial charge in [0, 0.05) is 19.3 Å². The highest BCUT2D eigenvalue weighted by atomic mass is 31.2. The lowest BCUT2D eigenvalue weighted by Gasteiger charge is -2.24. The second kappa shape index (κ2) is 39.0. The maximum absolute atomic E-state index is 12.7. The van der Waals surface area contributed by atoms with Gasteiger partial charge in [0.25, 0.3) is 0 Å². The van der Waals surface area contributed by atoms with Crippen LogP contribution in [0.15, 0.2) is 85.1 Å². The van der Waals surface area contributed by atoms with Crippen molar-refractivity contribution in [2.45, 2.75) is 155 Å². The normalized spacial score (nSPS) is 14.3. The van der Waals surface area contributed by atoms with E-state index in [1.165, 1.54) is 44.9 Å². The minimum Gasteiger partial charge on any atom is -0.462 e. The Morgan fingerprint density at radius 1 is 0.576 bits per heavy atom. The molecular formula is C48H81NO9P+. The predicted octanol–water partition coefficient (Wildman–Crippen LogP) is 12.0. The Labute approximate surface area is 358 Å². The van der Waals surface area contributed by atoms with Crippen molar-refractivity contribution >= 4 is 25.5 Å². The van der Waals surface area contributed by atoms with Crippen LogP contribution in [-0.4, -0.2) is 80.7 Å². The molecule has 0 saturated heterocycles. The Bertz CT molecular complexity index is 1340. The highest BCUT2D eigenvalue weighted by Gasteiger charge is 2.27. The lowest BCUT2D eigenvalue weighted by molar-refractivity contribution is -0.870. The number of phosphoric acid groups is 1. The number of nitrogens with zero attached hydrogens (tertiary/aromatic N) is 1. The smallest absolute Gasteiger partial charge is 0.462 e. The van der Waals surface area contributed by atoms with Crippen LogP contribution in [0.4, 0.5) is 0 Å². The van der Waals surface area contributed by atoms with Gasteiger partial charge in [-0.05, 0) is 76.7 Å². The molecule has 0 spiro atoms. The van der Waals surface area contributed by atoms with Gasteiger partial charge in [-0.2, -0.15) is 0 Å². The zero-order valence-electron chi connectivity index (χ0n) is 37.4. The molecule has 0 radical (unpaired) electrons. The topological polar surface area (TPSA) is 125 Å². The van der Waals surface area contributed by atoms with Crippen molar-refractivity contribution in [2.75, 3.05) is 47.5 Å². The van der Waals surface area contributed by atoms with Crippen LogP contribution in [0.1, 0.15) is 149 Å².